The van der Waals surface area contributed by atoms with Crippen LogP contribution in [-0.4, -0.2) is 16.2 Å². The normalized spacial score (nSPS) is 13.6. The first-order valence-corrected chi connectivity index (χ1v) is 12.1. The Hall–Kier alpha value is -2.96. The smallest absolute Gasteiger partial charge is 0.331 e. The van der Waals surface area contributed by atoms with Gasteiger partial charge in [0.25, 0.3) is 0 Å². The molecule has 6 heteroatoms. The van der Waals surface area contributed by atoms with E-state index in [1.807, 2.05) is 36.5 Å². The summed E-state index contributed by atoms with van der Waals surface area (Å²) < 4.78 is 3.62. The Balaban J connectivity index is 1.59. The van der Waals surface area contributed by atoms with Crippen molar-refractivity contribution in [1.29, 1.82) is 0 Å². The molecule has 160 valence electrons. The molecule has 4 nitrogen and oxygen atoms in total. The van der Waals surface area contributed by atoms with Crippen molar-refractivity contribution in [2.45, 2.75) is 37.1 Å². The molecule has 0 radical (unpaired) electrons. The van der Waals surface area contributed by atoms with E-state index in [0.717, 1.165) is 12.1 Å². The summed E-state index contributed by atoms with van der Waals surface area (Å²) >= 11 is 3.65. The fourth-order valence-electron chi connectivity index (χ4n) is 4.01. The van der Waals surface area contributed by atoms with Crippen LogP contribution in [0.4, 0.5) is 0 Å². The zero-order valence-electron chi connectivity index (χ0n) is 18.1. The molecule has 1 aromatic heterocycles. The van der Waals surface area contributed by atoms with Crippen LogP contribution in [0.3, 0.4) is 0 Å². The fraction of sp³-hybridized carbons (Fsp3) is 0.154. The third-order valence-corrected chi connectivity index (χ3v) is 7.91. The van der Waals surface area contributed by atoms with E-state index in [-0.39, 0.29) is 0 Å². The van der Waals surface area contributed by atoms with Crippen molar-refractivity contribution in [3.05, 3.63) is 76.0 Å². The number of thioether (sulfide) groups is 2. The number of fused-ring (bicyclic) bond motifs is 4. The Morgan fingerprint density at radius 1 is 0.969 bits per heavy atom. The van der Waals surface area contributed by atoms with Gasteiger partial charge in [-0.25, -0.2) is 4.79 Å². The third kappa shape index (κ3) is 3.85. The van der Waals surface area contributed by atoms with E-state index in [0.29, 0.717) is 5.71 Å². The van der Waals surface area contributed by atoms with Crippen LogP contribution in [0, 0.1) is 0 Å². The molecule has 0 bridgehead atoms. The minimum Gasteiger partial charge on any atom is -0.341 e. The molecule has 2 heterocycles. The van der Waals surface area contributed by atoms with E-state index in [4.69, 9.17) is 4.84 Å². The van der Waals surface area contributed by atoms with Gasteiger partial charge < -0.3 is 9.40 Å². The minimum atomic E-state index is -0.421. The molecule has 0 saturated heterocycles. The van der Waals surface area contributed by atoms with E-state index < -0.39 is 5.97 Å². The summed E-state index contributed by atoms with van der Waals surface area (Å²) in [6, 6.07) is 21.5. The van der Waals surface area contributed by atoms with Crippen LogP contribution in [0.25, 0.3) is 27.9 Å². The van der Waals surface area contributed by atoms with Crippen LogP contribution in [0.5, 0.6) is 0 Å². The lowest BCUT2D eigenvalue weighted by atomic mass is 10.1. The molecule has 0 aliphatic carbocycles. The molecule has 32 heavy (non-hydrogen) atoms. The van der Waals surface area contributed by atoms with Crippen molar-refractivity contribution in [1.82, 2.24) is 4.57 Å². The average Bonchev–Trinajstić information content (AvgIpc) is 3.34. The van der Waals surface area contributed by atoms with Gasteiger partial charge in [-0.2, -0.15) is 0 Å². The van der Waals surface area contributed by atoms with Gasteiger partial charge in [0.2, 0.25) is 0 Å². The van der Waals surface area contributed by atoms with Gasteiger partial charge in [-0.1, -0.05) is 52.9 Å². The van der Waals surface area contributed by atoms with Crippen molar-refractivity contribution < 1.29 is 9.63 Å². The van der Waals surface area contributed by atoms with Crippen molar-refractivity contribution in [2.75, 3.05) is 0 Å². The summed E-state index contributed by atoms with van der Waals surface area (Å²) in [5.41, 5.74) is 5.20. The van der Waals surface area contributed by atoms with Gasteiger partial charge in [-0.3, -0.25) is 0 Å². The summed E-state index contributed by atoms with van der Waals surface area (Å²) in [5.74, 6) is -0.421. The van der Waals surface area contributed by atoms with Crippen LogP contribution in [-0.2, 0) is 16.2 Å². The van der Waals surface area contributed by atoms with Crippen molar-refractivity contribution >= 4 is 63.1 Å². The van der Waals surface area contributed by atoms with Crippen LogP contribution >= 0.6 is 23.5 Å². The van der Waals surface area contributed by atoms with Gasteiger partial charge >= 0.3 is 5.97 Å². The second kappa shape index (κ2) is 8.52. The van der Waals surface area contributed by atoms with Gasteiger partial charge in [0.1, 0.15) is 0 Å². The van der Waals surface area contributed by atoms with Gasteiger partial charge in [0, 0.05) is 45.1 Å². The largest absolute Gasteiger partial charge is 0.341 e. The van der Waals surface area contributed by atoms with E-state index in [1.54, 1.807) is 0 Å². The highest BCUT2D eigenvalue weighted by Crippen LogP contribution is 2.51. The molecule has 0 amide bonds. The van der Waals surface area contributed by atoms with Crippen LogP contribution in [0.1, 0.15) is 31.9 Å². The maximum absolute atomic E-state index is 11.1. The maximum atomic E-state index is 11.1. The van der Waals surface area contributed by atoms with E-state index in [9.17, 15) is 4.79 Å². The molecule has 3 aromatic carbocycles. The van der Waals surface area contributed by atoms with E-state index in [2.05, 4.69) is 77.3 Å². The molecule has 0 saturated carbocycles. The number of carbonyl (C=O) groups is 1. The number of aryl methyl sites for hydroxylation is 1. The number of hydrogen-bond acceptors (Lipinski definition) is 5. The Morgan fingerprint density at radius 3 is 2.28 bits per heavy atom. The van der Waals surface area contributed by atoms with Gasteiger partial charge in [-0.05, 0) is 67.4 Å². The number of hydrogen-bond donors (Lipinski definition) is 0. The zero-order chi connectivity index (χ0) is 22.2. The second-order valence-corrected chi connectivity index (χ2v) is 10.1. The highest BCUT2D eigenvalue weighted by molar-refractivity contribution is 8.24. The zero-order valence-corrected chi connectivity index (χ0v) is 19.7. The molecule has 0 fully saturated rings. The molecule has 0 unspecified atom stereocenters. The Bertz CT molecular complexity index is 1410. The SMILES string of the molecule is CCn1c2ccc(C=C3Sc4ccccc4S3)cc2c2cc(C(C)=NOC(C)=O)ccc21. The van der Waals surface area contributed by atoms with Gasteiger partial charge in [0.05, 0.1) is 9.95 Å². The number of aromatic nitrogens is 1. The summed E-state index contributed by atoms with van der Waals surface area (Å²) in [4.78, 5) is 18.6. The lowest BCUT2D eigenvalue weighted by Crippen LogP contribution is -1.99. The van der Waals surface area contributed by atoms with Crippen molar-refractivity contribution in [3.63, 3.8) is 0 Å². The van der Waals surface area contributed by atoms with Gasteiger partial charge in [-0.15, -0.1) is 0 Å². The topological polar surface area (TPSA) is 43.6 Å². The molecular formula is C26H22N2O2S2. The predicted molar refractivity (Wildman–Crippen MR) is 135 cm³/mol. The quantitative estimate of drug-likeness (QED) is 0.183. The molecular weight excluding hydrogens is 436 g/mol. The monoisotopic (exact) mass is 458 g/mol. The maximum Gasteiger partial charge on any atom is 0.331 e. The molecule has 1 aliphatic rings. The molecule has 4 aromatic rings. The lowest BCUT2D eigenvalue weighted by Gasteiger charge is -2.04. The Labute approximate surface area is 195 Å². The molecule has 0 spiro atoms. The predicted octanol–water partition coefficient (Wildman–Crippen LogP) is 7.30. The Kier molecular flexibility index (Phi) is 5.57. The average molecular weight is 459 g/mol. The second-order valence-electron chi connectivity index (χ2n) is 7.63. The van der Waals surface area contributed by atoms with E-state index >= 15 is 0 Å². The number of oxime groups is 1. The summed E-state index contributed by atoms with van der Waals surface area (Å²) in [7, 11) is 0. The molecule has 1 aliphatic heterocycles. The number of rotatable bonds is 4. The van der Waals surface area contributed by atoms with Crippen LogP contribution < -0.4 is 0 Å². The summed E-state index contributed by atoms with van der Waals surface area (Å²) in [5, 5.41) is 6.34. The standard InChI is InChI=1S/C26H22N2O2S2/c1-4-28-22-11-9-18(14-26-31-24-7-5-6-8-25(24)32-26)13-20(22)21-15-19(10-12-23(21)28)16(2)27-30-17(3)29/h5-15H,4H2,1-3H3. The first-order valence-electron chi connectivity index (χ1n) is 10.5. The number of carbonyl (C=O) groups excluding carboxylic acids is 1. The van der Waals surface area contributed by atoms with E-state index in [1.165, 1.54) is 48.3 Å². The van der Waals surface area contributed by atoms with Gasteiger partial charge in [0.15, 0.2) is 0 Å². The Morgan fingerprint density at radius 2 is 1.62 bits per heavy atom. The minimum absolute atomic E-state index is 0.421. The highest BCUT2D eigenvalue weighted by Gasteiger charge is 2.17. The van der Waals surface area contributed by atoms with Crippen LogP contribution in [0.2, 0.25) is 0 Å². The first kappa shape index (κ1) is 20.9. The molecule has 0 atom stereocenters. The third-order valence-electron chi connectivity index (χ3n) is 5.49. The fourth-order valence-corrected chi connectivity index (χ4v) is 6.42. The lowest BCUT2D eigenvalue weighted by molar-refractivity contribution is -0.140. The number of nitrogens with zero attached hydrogens (tertiary/aromatic N) is 2. The highest BCUT2D eigenvalue weighted by atomic mass is 32.2. The summed E-state index contributed by atoms with van der Waals surface area (Å²) in [6.45, 7) is 6.26. The first-order chi connectivity index (χ1) is 15.5. The molecule has 0 N–H and O–H groups in total. The van der Waals surface area contributed by atoms with Crippen molar-refractivity contribution in [3.8, 4) is 0 Å². The van der Waals surface area contributed by atoms with Crippen LogP contribution in [0.15, 0.2) is 79.8 Å². The molecule has 5 rings (SSSR count). The number of benzene rings is 3. The van der Waals surface area contributed by atoms with Crippen molar-refractivity contribution in [2.24, 2.45) is 5.16 Å². The summed E-state index contributed by atoms with van der Waals surface area (Å²) in [6.07, 6.45) is 2.27.